The Hall–Kier alpha value is -2.27. The molecule has 0 atom stereocenters. The zero-order chi connectivity index (χ0) is 17.1. The van der Waals surface area contributed by atoms with E-state index >= 15 is 0 Å². The fourth-order valence-electron chi connectivity index (χ4n) is 2.62. The predicted molar refractivity (Wildman–Crippen MR) is 89.3 cm³/mol. The number of benzene rings is 2. The Kier molecular flexibility index (Phi) is 4.90. The van der Waals surface area contributed by atoms with Crippen LogP contribution >= 0.6 is 11.6 Å². The normalized spacial score (nSPS) is 12.8. The first kappa shape index (κ1) is 16.6. The number of rotatable bonds is 4. The molecule has 0 aromatic heterocycles. The van der Waals surface area contributed by atoms with Crippen molar-refractivity contribution in [3.63, 3.8) is 0 Å². The largest absolute Gasteiger partial charge is 0.486 e. The lowest BCUT2D eigenvalue weighted by molar-refractivity contribution is 0.0744. The van der Waals surface area contributed by atoms with Crippen LogP contribution in [0.1, 0.15) is 22.8 Å². The molecule has 0 spiro atoms. The average molecular weight is 350 g/mol. The SMILES string of the molecule is CCN(Cc1cccc2c1OCCO2)C(=O)c1cc(Cl)ccc1F. The predicted octanol–water partition coefficient (Wildman–Crippen LogP) is 3.91. The van der Waals surface area contributed by atoms with Gasteiger partial charge in [0.2, 0.25) is 0 Å². The Morgan fingerprint density at radius 3 is 2.83 bits per heavy atom. The van der Waals surface area contributed by atoms with Crippen LogP contribution in [0, 0.1) is 5.82 Å². The number of hydrogen-bond donors (Lipinski definition) is 0. The Morgan fingerprint density at radius 2 is 2.04 bits per heavy atom. The zero-order valence-electron chi connectivity index (χ0n) is 13.2. The minimum Gasteiger partial charge on any atom is -0.486 e. The second kappa shape index (κ2) is 7.09. The van der Waals surface area contributed by atoms with Gasteiger partial charge in [-0.2, -0.15) is 0 Å². The Morgan fingerprint density at radius 1 is 1.25 bits per heavy atom. The molecule has 1 aliphatic heterocycles. The summed E-state index contributed by atoms with van der Waals surface area (Å²) >= 11 is 5.89. The van der Waals surface area contributed by atoms with Crippen molar-refractivity contribution in [1.29, 1.82) is 0 Å². The minimum atomic E-state index is -0.586. The minimum absolute atomic E-state index is 0.0358. The first-order valence-corrected chi connectivity index (χ1v) is 8.09. The summed E-state index contributed by atoms with van der Waals surface area (Å²) in [6.45, 7) is 3.53. The zero-order valence-corrected chi connectivity index (χ0v) is 14.0. The topological polar surface area (TPSA) is 38.8 Å². The molecule has 6 heteroatoms. The van der Waals surface area contributed by atoms with Crippen molar-refractivity contribution in [3.8, 4) is 11.5 Å². The van der Waals surface area contributed by atoms with E-state index in [1.165, 1.54) is 18.2 Å². The molecule has 1 amide bonds. The van der Waals surface area contributed by atoms with Gasteiger partial charge >= 0.3 is 0 Å². The van der Waals surface area contributed by atoms with E-state index in [9.17, 15) is 9.18 Å². The van der Waals surface area contributed by atoms with Crippen LogP contribution in [0.4, 0.5) is 4.39 Å². The van der Waals surface area contributed by atoms with Crippen molar-refractivity contribution in [1.82, 2.24) is 4.90 Å². The van der Waals surface area contributed by atoms with Gasteiger partial charge in [0, 0.05) is 23.7 Å². The Bertz CT molecular complexity index is 766. The third kappa shape index (κ3) is 3.31. The molecular formula is C18H17ClFNO3. The first-order chi connectivity index (χ1) is 11.6. The summed E-state index contributed by atoms with van der Waals surface area (Å²) in [6.07, 6.45) is 0. The van der Waals surface area contributed by atoms with Crippen molar-refractivity contribution in [2.75, 3.05) is 19.8 Å². The molecule has 0 N–H and O–H groups in total. The van der Waals surface area contributed by atoms with Gasteiger partial charge in [0.15, 0.2) is 11.5 Å². The molecule has 0 saturated carbocycles. The number of ether oxygens (including phenoxy) is 2. The summed E-state index contributed by atoms with van der Waals surface area (Å²) in [4.78, 5) is 14.2. The maximum Gasteiger partial charge on any atom is 0.257 e. The Balaban J connectivity index is 1.87. The highest BCUT2D eigenvalue weighted by Gasteiger charge is 2.22. The monoisotopic (exact) mass is 349 g/mol. The number of amides is 1. The van der Waals surface area contributed by atoms with E-state index in [-0.39, 0.29) is 5.56 Å². The molecule has 0 radical (unpaired) electrons. The molecule has 126 valence electrons. The summed E-state index contributed by atoms with van der Waals surface area (Å²) in [7, 11) is 0. The number of halogens is 2. The third-order valence-corrected chi connectivity index (χ3v) is 4.07. The standard InChI is InChI=1S/C18H17ClFNO3/c1-2-21(18(22)14-10-13(19)6-7-15(14)20)11-12-4-3-5-16-17(12)24-9-8-23-16/h3-7,10H,2,8-9,11H2,1H3. The van der Waals surface area contributed by atoms with Crippen LogP contribution in [0.15, 0.2) is 36.4 Å². The highest BCUT2D eigenvalue weighted by Crippen LogP contribution is 2.34. The van der Waals surface area contributed by atoms with Crippen molar-refractivity contribution in [2.24, 2.45) is 0 Å². The molecule has 0 fully saturated rings. The third-order valence-electron chi connectivity index (χ3n) is 3.84. The van der Waals surface area contributed by atoms with Gasteiger partial charge in [-0.25, -0.2) is 4.39 Å². The van der Waals surface area contributed by atoms with Gasteiger partial charge in [0.25, 0.3) is 5.91 Å². The van der Waals surface area contributed by atoms with Gasteiger partial charge < -0.3 is 14.4 Å². The number of carbonyl (C=O) groups is 1. The van der Waals surface area contributed by atoms with E-state index in [0.717, 1.165) is 5.56 Å². The fraction of sp³-hybridized carbons (Fsp3) is 0.278. The van der Waals surface area contributed by atoms with Crippen LogP contribution in [-0.2, 0) is 6.54 Å². The number of fused-ring (bicyclic) bond motifs is 1. The maximum absolute atomic E-state index is 14.0. The molecule has 3 rings (SSSR count). The Labute approximate surface area is 144 Å². The second-order valence-corrected chi connectivity index (χ2v) is 5.82. The highest BCUT2D eigenvalue weighted by molar-refractivity contribution is 6.31. The molecule has 0 aliphatic carbocycles. The van der Waals surface area contributed by atoms with E-state index in [4.69, 9.17) is 21.1 Å². The van der Waals surface area contributed by atoms with Crippen LogP contribution in [0.3, 0.4) is 0 Å². The molecule has 2 aromatic carbocycles. The summed E-state index contributed by atoms with van der Waals surface area (Å²) < 4.78 is 25.2. The smallest absolute Gasteiger partial charge is 0.257 e. The van der Waals surface area contributed by atoms with E-state index < -0.39 is 11.7 Å². The summed E-state index contributed by atoms with van der Waals surface area (Å²) in [5.74, 6) is 0.308. The van der Waals surface area contributed by atoms with Crippen molar-refractivity contribution < 1.29 is 18.7 Å². The number of carbonyl (C=O) groups excluding carboxylic acids is 1. The molecule has 0 bridgehead atoms. The van der Waals surface area contributed by atoms with Gasteiger partial charge in [-0.15, -0.1) is 0 Å². The van der Waals surface area contributed by atoms with Gasteiger partial charge in [0.05, 0.1) is 5.56 Å². The summed E-state index contributed by atoms with van der Waals surface area (Å²) in [6, 6.07) is 9.51. The van der Waals surface area contributed by atoms with Crippen LogP contribution < -0.4 is 9.47 Å². The second-order valence-electron chi connectivity index (χ2n) is 5.38. The van der Waals surface area contributed by atoms with Crippen LogP contribution in [0.25, 0.3) is 0 Å². The van der Waals surface area contributed by atoms with Gasteiger partial charge in [-0.3, -0.25) is 4.79 Å². The lowest BCUT2D eigenvalue weighted by Crippen LogP contribution is -2.31. The lowest BCUT2D eigenvalue weighted by Gasteiger charge is -2.25. The molecule has 0 unspecified atom stereocenters. The lowest BCUT2D eigenvalue weighted by atomic mass is 10.1. The van der Waals surface area contributed by atoms with Crippen LogP contribution in [0.5, 0.6) is 11.5 Å². The molecule has 24 heavy (non-hydrogen) atoms. The van der Waals surface area contributed by atoms with Crippen LogP contribution in [-0.4, -0.2) is 30.6 Å². The van der Waals surface area contributed by atoms with Gasteiger partial charge in [-0.05, 0) is 31.2 Å². The quantitative estimate of drug-likeness (QED) is 0.840. The van der Waals surface area contributed by atoms with Gasteiger partial charge in [0.1, 0.15) is 19.0 Å². The molecule has 4 nitrogen and oxygen atoms in total. The molecule has 2 aromatic rings. The van der Waals surface area contributed by atoms with Crippen molar-refractivity contribution in [3.05, 3.63) is 58.4 Å². The highest BCUT2D eigenvalue weighted by atomic mass is 35.5. The van der Waals surface area contributed by atoms with Crippen LogP contribution in [0.2, 0.25) is 5.02 Å². The van der Waals surface area contributed by atoms with Crippen molar-refractivity contribution >= 4 is 17.5 Å². The summed E-state index contributed by atoms with van der Waals surface area (Å²) in [5.41, 5.74) is 0.788. The molecule has 1 aliphatic rings. The summed E-state index contributed by atoms with van der Waals surface area (Å²) in [5, 5.41) is 0.324. The number of para-hydroxylation sites is 1. The first-order valence-electron chi connectivity index (χ1n) is 7.72. The van der Waals surface area contributed by atoms with E-state index in [1.807, 2.05) is 25.1 Å². The fourth-order valence-corrected chi connectivity index (χ4v) is 2.80. The average Bonchev–Trinajstić information content (AvgIpc) is 2.61. The van der Waals surface area contributed by atoms with E-state index in [2.05, 4.69) is 0 Å². The molecule has 0 saturated heterocycles. The maximum atomic E-state index is 14.0. The number of hydrogen-bond acceptors (Lipinski definition) is 3. The van der Waals surface area contributed by atoms with E-state index in [1.54, 1.807) is 4.90 Å². The molecular weight excluding hydrogens is 333 g/mol. The molecule has 1 heterocycles. The van der Waals surface area contributed by atoms with Gasteiger partial charge in [-0.1, -0.05) is 23.7 Å². The van der Waals surface area contributed by atoms with E-state index in [0.29, 0.717) is 42.8 Å². The number of nitrogens with zero attached hydrogens (tertiary/aromatic N) is 1. The van der Waals surface area contributed by atoms with Crippen molar-refractivity contribution in [2.45, 2.75) is 13.5 Å².